The Morgan fingerprint density at radius 3 is 0.935 bits per heavy atom. The molecule has 1 nitrogen and oxygen atoms in total. The van der Waals surface area contributed by atoms with Crippen LogP contribution in [-0.4, -0.2) is 0 Å². The summed E-state index contributed by atoms with van der Waals surface area (Å²) in [7, 11) is 0. The summed E-state index contributed by atoms with van der Waals surface area (Å²) in [5.41, 5.74) is 6.92. The van der Waals surface area contributed by atoms with Crippen LogP contribution in [-0.2, 0) is 38.5 Å². The molecule has 31 heavy (non-hydrogen) atoms. The molecule has 0 saturated heterocycles. The van der Waals surface area contributed by atoms with E-state index in [1.165, 1.54) is 11.1 Å². The van der Waals surface area contributed by atoms with E-state index in [9.17, 15) is 0 Å². The summed E-state index contributed by atoms with van der Waals surface area (Å²) < 4.78 is 6.74. The Labute approximate surface area is 188 Å². The Balaban J connectivity index is 2.71. The lowest BCUT2D eigenvalue weighted by molar-refractivity contribution is 0.462. The first-order valence-corrected chi connectivity index (χ1v) is 10.7. The fraction of sp³-hybridized carbons (Fsp3) is 0.200. The SMILES string of the molecule is C=CCc1cc(CC=C)c(Oc2c(CC=C)cc(CC=C)cc2CC=C)c(CC=C)c1. The van der Waals surface area contributed by atoms with Gasteiger partial charge in [-0.25, -0.2) is 0 Å². The van der Waals surface area contributed by atoms with Crippen LogP contribution in [0.15, 0.2) is 100 Å². The molecule has 1 heteroatoms. The third kappa shape index (κ3) is 6.33. The zero-order valence-corrected chi connectivity index (χ0v) is 18.7. The molecule has 0 aliphatic carbocycles. The summed E-state index contributed by atoms with van der Waals surface area (Å²) in [5, 5.41) is 0. The molecule has 160 valence electrons. The van der Waals surface area contributed by atoms with Gasteiger partial charge in [0, 0.05) is 0 Å². The van der Waals surface area contributed by atoms with Crippen LogP contribution in [0.2, 0.25) is 0 Å². The molecule has 0 radical (unpaired) electrons. The van der Waals surface area contributed by atoms with Crippen molar-refractivity contribution in [1.82, 2.24) is 0 Å². The van der Waals surface area contributed by atoms with Gasteiger partial charge < -0.3 is 4.74 Å². The molecule has 0 fully saturated rings. The maximum atomic E-state index is 6.74. The summed E-state index contributed by atoms with van der Waals surface area (Å²) in [4.78, 5) is 0. The fourth-order valence-corrected chi connectivity index (χ4v) is 3.81. The quantitative estimate of drug-likeness (QED) is 0.288. The summed E-state index contributed by atoms with van der Waals surface area (Å²) in [6.07, 6.45) is 16.1. The molecule has 0 aliphatic heterocycles. The molecule has 2 rings (SSSR count). The van der Waals surface area contributed by atoms with Gasteiger partial charge >= 0.3 is 0 Å². The van der Waals surface area contributed by atoms with E-state index in [0.29, 0.717) is 0 Å². The summed E-state index contributed by atoms with van der Waals surface area (Å²) in [5.74, 6) is 1.78. The maximum Gasteiger partial charge on any atom is 0.134 e. The van der Waals surface area contributed by atoms with E-state index >= 15 is 0 Å². The molecule has 0 saturated carbocycles. The Bertz CT molecular complexity index is 832. The predicted molar refractivity (Wildman–Crippen MR) is 136 cm³/mol. The van der Waals surface area contributed by atoms with Gasteiger partial charge in [0.2, 0.25) is 0 Å². The van der Waals surface area contributed by atoms with Gasteiger partial charge in [0.25, 0.3) is 0 Å². The van der Waals surface area contributed by atoms with E-state index in [0.717, 1.165) is 72.3 Å². The third-order valence-electron chi connectivity index (χ3n) is 5.03. The molecular formula is C30H34O. The zero-order chi connectivity index (χ0) is 22.6. The Kier molecular flexibility index (Phi) is 9.58. The number of benzene rings is 2. The lowest BCUT2D eigenvalue weighted by Gasteiger charge is -2.21. The molecule has 0 bridgehead atoms. The van der Waals surface area contributed by atoms with Gasteiger partial charge in [-0.05, 0) is 71.9 Å². The molecule has 0 amide bonds. The lowest BCUT2D eigenvalue weighted by atomic mass is 9.96. The second kappa shape index (κ2) is 12.4. The smallest absolute Gasteiger partial charge is 0.134 e. The minimum atomic E-state index is 0.729. The highest BCUT2D eigenvalue weighted by Crippen LogP contribution is 2.37. The first-order chi connectivity index (χ1) is 15.1. The number of rotatable bonds is 14. The van der Waals surface area contributed by atoms with Crippen molar-refractivity contribution in [2.24, 2.45) is 0 Å². The molecular weight excluding hydrogens is 376 g/mol. The summed E-state index contributed by atoms with van der Waals surface area (Å²) in [6, 6.07) is 8.77. The van der Waals surface area contributed by atoms with Gasteiger partial charge in [-0.3, -0.25) is 0 Å². The topological polar surface area (TPSA) is 9.23 Å². The van der Waals surface area contributed by atoms with Crippen molar-refractivity contribution in [2.75, 3.05) is 0 Å². The standard InChI is InChI=1S/C30H34O/c1-7-13-23-19-25(15-9-3)29(26(20-23)16-10-4)31-30-27(17-11-5)21-24(14-8-2)22-28(30)18-12-6/h7-12,19-22H,1-6,13-18H2. The molecule has 0 spiro atoms. The highest BCUT2D eigenvalue weighted by molar-refractivity contribution is 5.54. The molecule has 0 unspecified atom stereocenters. The second-order valence-electron chi connectivity index (χ2n) is 7.55. The average molecular weight is 411 g/mol. The molecule has 0 aromatic heterocycles. The van der Waals surface area contributed by atoms with Crippen molar-refractivity contribution < 1.29 is 4.74 Å². The third-order valence-corrected chi connectivity index (χ3v) is 5.03. The summed E-state index contributed by atoms with van der Waals surface area (Å²) >= 11 is 0. The van der Waals surface area contributed by atoms with Gasteiger partial charge in [0.15, 0.2) is 0 Å². The highest BCUT2D eigenvalue weighted by atomic mass is 16.5. The van der Waals surface area contributed by atoms with Crippen LogP contribution >= 0.6 is 0 Å². The van der Waals surface area contributed by atoms with Gasteiger partial charge in [0.1, 0.15) is 11.5 Å². The molecule has 0 N–H and O–H groups in total. The normalized spacial score (nSPS) is 10.2. The van der Waals surface area contributed by atoms with Crippen LogP contribution in [0.25, 0.3) is 0 Å². The van der Waals surface area contributed by atoms with Crippen LogP contribution in [0.1, 0.15) is 33.4 Å². The molecule has 0 heterocycles. The minimum absolute atomic E-state index is 0.729. The summed E-state index contributed by atoms with van der Waals surface area (Å²) in [6.45, 7) is 23.6. The van der Waals surface area contributed by atoms with Crippen molar-refractivity contribution in [3.8, 4) is 11.5 Å². The lowest BCUT2D eigenvalue weighted by Crippen LogP contribution is -2.04. The Morgan fingerprint density at radius 1 is 0.452 bits per heavy atom. The van der Waals surface area contributed by atoms with Crippen LogP contribution in [0.3, 0.4) is 0 Å². The van der Waals surface area contributed by atoms with E-state index in [2.05, 4.69) is 63.7 Å². The molecule has 0 aliphatic rings. The van der Waals surface area contributed by atoms with Gasteiger partial charge in [-0.15, -0.1) is 39.5 Å². The van der Waals surface area contributed by atoms with E-state index in [1.54, 1.807) is 0 Å². The number of ether oxygens (including phenoxy) is 1. The second-order valence-corrected chi connectivity index (χ2v) is 7.55. The van der Waals surface area contributed by atoms with Crippen molar-refractivity contribution in [3.63, 3.8) is 0 Å². The first-order valence-electron chi connectivity index (χ1n) is 10.7. The van der Waals surface area contributed by atoms with Crippen molar-refractivity contribution >= 4 is 0 Å². The Morgan fingerprint density at radius 2 is 0.710 bits per heavy atom. The average Bonchev–Trinajstić information content (AvgIpc) is 2.73. The van der Waals surface area contributed by atoms with Crippen molar-refractivity contribution in [1.29, 1.82) is 0 Å². The minimum Gasteiger partial charge on any atom is -0.456 e. The highest BCUT2D eigenvalue weighted by Gasteiger charge is 2.17. The van der Waals surface area contributed by atoms with Crippen LogP contribution in [0.5, 0.6) is 11.5 Å². The number of hydrogen-bond donors (Lipinski definition) is 0. The van der Waals surface area contributed by atoms with E-state index in [4.69, 9.17) is 4.74 Å². The van der Waals surface area contributed by atoms with E-state index in [1.807, 2.05) is 36.5 Å². The van der Waals surface area contributed by atoms with Crippen molar-refractivity contribution in [3.05, 3.63) is 134 Å². The van der Waals surface area contributed by atoms with Crippen molar-refractivity contribution in [2.45, 2.75) is 38.5 Å². The van der Waals surface area contributed by atoms with Gasteiger partial charge in [-0.1, -0.05) is 60.7 Å². The zero-order valence-electron chi connectivity index (χ0n) is 18.7. The van der Waals surface area contributed by atoms with Crippen LogP contribution in [0.4, 0.5) is 0 Å². The molecule has 0 atom stereocenters. The number of hydrogen-bond acceptors (Lipinski definition) is 1. The first kappa shape index (κ1) is 24.0. The maximum absolute atomic E-state index is 6.74. The monoisotopic (exact) mass is 410 g/mol. The Hall–Kier alpha value is -3.32. The van der Waals surface area contributed by atoms with Crippen LogP contribution < -0.4 is 4.74 Å². The predicted octanol–water partition coefficient (Wildman–Crippen LogP) is 7.85. The largest absolute Gasteiger partial charge is 0.456 e. The van der Waals surface area contributed by atoms with Gasteiger partial charge in [-0.2, -0.15) is 0 Å². The molecule has 2 aromatic rings. The number of allylic oxidation sites excluding steroid dienone is 6. The molecule has 2 aromatic carbocycles. The van der Waals surface area contributed by atoms with Gasteiger partial charge in [0.05, 0.1) is 0 Å². The fourth-order valence-electron chi connectivity index (χ4n) is 3.81. The van der Waals surface area contributed by atoms with E-state index in [-0.39, 0.29) is 0 Å². The van der Waals surface area contributed by atoms with Crippen LogP contribution in [0, 0.1) is 0 Å². The van der Waals surface area contributed by atoms with E-state index < -0.39 is 0 Å².